The molecule has 5 nitrogen and oxygen atoms in total. The number of carbonyl (C=O) groups excluding carboxylic acids is 1. The maximum atomic E-state index is 11.9. The number of rotatable bonds is 6. The highest BCUT2D eigenvalue weighted by atomic mass is 35.5. The van der Waals surface area contributed by atoms with Crippen molar-refractivity contribution in [2.24, 2.45) is 0 Å². The first-order valence-corrected chi connectivity index (χ1v) is 6.30. The Kier molecular flexibility index (Phi) is 6.08. The number of methoxy groups -OCH3 is 1. The van der Waals surface area contributed by atoms with E-state index >= 15 is 0 Å². The molecule has 1 unspecified atom stereocenters. The number of likely N-dealkylation sites (N-methyl/N-ethyl adjacent to an activating group) is 1. The molecule has 1 aromatic rings. The predicted octanol–water partition coefficient (Wildman–Crippen LogP) is 1.60. The van der Waals surface area contributed by atoms with Gasteiger partial charge in [-0.1, -0.05) is 11.6 Å². The molecule has 1 atom stereocenters. The summed E-state index contributed by atoms with van der Waals surface area (Å²) >= 11 is 5.89. The first-order chi connectivity index (χ1) is 8.97. The molecule has 1 aromatic carbocycles. The Morgan fingerprint density at radius 2 is 2.26 bits per heavy atom. The maximum absolute atomic E-state index is 11.9. The fraction of sp³-hybridized carbons (Fsp3) is 0.462. The second-order valence-electron chi connectivity index (χ2n) is 4.34. The molecule has 6 heteroatoms. The van der Waals surface area contributed by atoms with Gasteiger partial charge in [0, 0.05) is 11.1 Å². The summed E-state index contributed by atoms with van der Waals surface area (Å²) in [4.78, 5) is 13.6. The number of nitrogens with one attached hydrogen (secondary N) is 1. The van der Waals surface area contributed by atoms with Gasteiger partial charge in [0.15, 0.2) is 0 Å². The van der Waals surface area contributed by atoms with Gasteiger partial charge in [0.1, 0.15) is 5.75 Å². The van der Waals surface area contributed by atoms with Crippen LogP contribution in [0, 0.1) is 0 Å². The van der Waals surface area contributed by atoms with Gasteiger partial charge in [0.2, 0.25) is 5.91 Å². The van der Waals surface area contributed by atoms with Crippen LogP contribution in [0.1, 0.15) is 6.92 Å². The zero-order chi connectivity index (χ0) is 14.4. The van der Waals surface area contributed by atoms with E-state index in [1.54, 1.807) is 30.1 Å². The van der Waals surface area contributed by atoms with Crippen molar-refractivity contribution in [3.63, 3.8) is 0 Å². The lowest BCUT2D eigenvalue weighted by atomic mass is 10.2. The van der Waals surface area contributed by atoms with Crippen LogP contribution in [-0.2, 0) is 4.79 Å². The lowest BCUT2D eigenvalue weighted by Crippen LogP contribution is -2.38. The van der Waals surface area contributed by atoms with Gasteiger partial charge in [0.05, 0.1) is 25.9 Å². The number of nitrogens with zero attached hydrogens (tertiary/aromatic N) is 1. The first kappa shape index (κ1) is 15.8. The topological polar surface area (TPSA) is 61.8 Å². The van der Waals surface area contributed by atoms with Crippen molar-refractivity contribution in [2.45, 2.75) is 13.0 Å². The third-order valence-electron chi connectivity index (χ3n) is 2.85. The minimum atomic E-state index is -0.191. The molecule has 0 saturated carbocycles. The molecule has 19 heavy (non-hydrogen) atoms. The molecule has 0 heterocycles. The van der Waals surface area contributed by atoms with Crippen LogP contribution in [0.5, 0.6) is 5.75 Å². The van der Waals surface area contributed by atoms with Gasteiger partial charge in [-0.3, -0.25) is 9.69 Å². The summed E-state index contributed by atoms with van der Waals surface area (Å²) in [5, 5.41) is 12.3. The zero-order valence-corrected chi connectivity index (χ0v) is 12.1. The van der Waals surface area contributed by atoms with Crippen LogP contribution in [0.15, 0.2) is 18.2 Å². The average molecular weight is 287 g/mol. The molecule has 0 fully saturated rings. The van der Waals surface area contributed by atoms with Crippen LogP contribution in [0.4, 0.5) is 5.69 Å². The Morgan fingerprint density at radius 3 is 2.84 bits per heavy atom. The van der Waals surface area contributed by atoms with Crippen molar-refractivity contribution in [1.29, 1.82) is 0 Å². The van der Waals surface area contributed by atoms with E-state index in [4.69, 9.17) is 21.4 Å². The third kappa shape index (κ3) is 4.70. The Labute approximate surface area is 118 Å². The number of hydrogen-bond acceptors (Lipinski definition) is 4. The highest BCUT2D eigenvalue weighted by Gasteiger charge is 2.14. The number of aliphatic hydroxyl groups excluding tert-OH is 1. The fourth-order valence-corrected chi connectivity index (χ4v) is 1.66. The van der Waals surface area contributed by atoms with E-state index in [1.807, 2.05) is 6.92 Å². The van der Waals surface area contributed by atoms with Crippen LogP contribution < -0.4 is 10.1 Å². The Hall–Kier alpha value is -1.30. The highest BCUT2D eigenvalue weighted by molar-refractivity contribution is 6.31. The van der Waals surface area contributed by atoms with Crippen molar-refractivity contribution in [2.75, 3.05) is 32.6 Å². The first-order valence-electron chi connectivity index (χ1n) is 5.92. The van der Waals surface area contributed by atoms with E-state index in [0.29, 0.717) is 16.5 Å². The lowest BCUT2D eigenvalue weighted by molar-refractivity contribution is -0.117. The summed E-state index contributed by atoms with van der Waals surface area (Å²) in [7, 11) is 3.30. The summed E-state index contributed by atoms with van der Waals surface area (Å²) in [5.41, 5.74) is 0.532. The van der Waals surface area contributed by atoms with Crippen molar-refractivity contribution >= 4 is 23.2 Å². The molecule has 0 spiro atoms. The third-order valence-corrected chi connectivity index (χ3v) is 3.08. The second-order valence-corrected chi connectivity index (χ2v) is 4.78. The van der Waals surface area contributed by atoms with E-state index in [1.165, 1.54) is 7.11 Å². The van der Waals surface area contributed by atoms with Gasteiger partial charge >= 0.3 is 0 Å². The van der Waals surface area contributed by atoms with Gasteiger partial charge < -0.3 is 15.2 Å². The van der Waals surface area contributed by atoms with Gasteiger partial charge in [-0.25, -0.2) is 0 Å². The smallest absolute Gasteiger partial charge is 0.238 e. The van der Waals surface area contributed by atoms with Crippen LogP contribution in [0.25, 0.3) is 0 Å². The predicted molar refractivity (Wildman–Crippen MR) is 75.8 cm³/mol. The standard InChI is InChI=1S/C13H19ClN2O3/c1-9(8-17)16(2)7-13(18)15-11-6-10(14)4-5-12(11)19-3/h4-6,9,17H,7-8H2,1-3H3,(H,15,18). The van der Waals surface area contributed by atoms with Gasteiger partial charge in [0.25, 0.3) is 0 Å². The van der Waals surface area contributed by atoms with Crippen molar-refractivity contribution in [1.82, 2.24) is 4.90 Å². The number of halogens is 1. The molecular weight excluding hydrogens is 268 g/mol. The number of anilines is 1. The minimum Gasteiger partial charge on any atom is -0.495 e. The Balaban J connectivity index is 2.69. The van der Waals surface area contributed by atoms with Crippen LogP contribution in [-0.4, -0.2) is 49.3 Å². The molecule has 1 amide bonds. The summed E-state index contributed by atoms with van der Waals surface area (Å²) in [6.07, 6.45) is 0. The van der Waals surface area contributed by atoms with E-state index < -0.39 is 0 Å². The molecule has 0 aliphatic heterocycles. The zero-order valence-electron chi connectivity index (χ0n) is 11.3. The Morgan fingerprint density at radius 1 is 1.58 bits per heavy atom. The number of benzene rings is 1. The Bertz CT molecular complexity index is 440. The molecule has 0 aliphatic rings. The quantitative estimate of drug-likeness (QED) is 0.834. The normalized spacial score (nSPS) is 12.3. The molecular formula is C13H19ClN2O3. The minimum absolute atomic E-state index is 0.00423. The van der Waals surface area contributed by atoms with Gasteiger partial charge in [-0.15, -0.1) is 0 Å². The van der Waals surface area contributed by atoms with Crippen molar-refractivity contribution in [3.05, 3.63) is 23.2 Å². The number of ether oxygens (including phenoxy) is 1. The fourth-order valence-electron chi connectivity index (χ4n) is 1.49. The number of carbonyl (C=O) groups is 1. The molecule has 0 radical (unpaired) electrons. The van der Waals surface area contributed by atoms with Crippen LogP contribution >= 0.6 is 11.6 Å². The highest BCUT2D eigenvalue weighted by Crippen LogP contribution is 2.27. The van der Waals surface area contributed by atoms with E-state index in [2.05, 4.69) is 5.32 Å². The van der Waals surface area contributed by atoms with Gasteiger partial charge in [-0.2, -0.15) is 0 Å². The number of hydrogen-bond donors (Lipinski definition) is 2. The SMILES string of the molecule is COc1ccc(Cl)cc1NC(=O)CN(C)C(C)CO. The molecule has 1 rings (SSSR count). The summed E-state index contributed by atoms with van der Waals surface area (Å²) in [6.45, 7) is 2.02. The van der Waals surface area contributed by atoms with E-state index in [0.717, 1.165) is 0 Å². The average Bonchev–Trinajstić information content (AvgIpc) is 2.37. The van der Waals surface area contributed by atoms with Crippen molar-refractivity contribution < 1.29 is 14.6 Å². The lowest BCUT2D eigenvalue weighted by Gasteiger charge is -2.22. The largest absolute Gasteiger partial charge is 0.495 e. The van der Waals surface area contributed by atoms with E-state index in [9.17, 15) is 4.79 Å². The molecule has 0 saturated heterocycles. The van der Waals surface area contributed by atoms with Crippen molar-refractivity contribution in [3.8, 4) is 5.75 Å². The summed E-state index contributed by atoms with van der Waals surface area (Å²) in [6, 6.07) is 4.94. The summed E-state index contributed by atoms with van der Waals surface area (Å²) in [5.74, 6) is 0.360. The molecule has 0 bridgehead atoms. The summed E-state index contributed by atoms with van der Waals surface area (Å²) < 4.78 is 5.15. The van der Waals surface area contributed by atoms with Gasteiger partial charge in [-0.05, 0) is 32.2 Å². The van der Waals surface area contributed by atoms with Crippen LogP contribution in [0.2, 0.25) is 5.02 Å². The monoisotopic (exact) mass is 286 g/mol. The second kappa shape index (κ2) is 7.33. The molecule has 2 N–H and O–H groups in total. The van der Waals surface area contributed by atoms with Crippen LogP contribution in [0.3, 0.4) is 0 Å². The molecule has 106 valence electrons. The number of aliphatic hydroxyl groups is 1. The maximum Gasteiger partial charge on any atom is 0.238 e. The number of amides is 1. The molecule has 0 aromatic heterocycles. The van der Waals surface area contributed by atoms with E-state index in [-0.39, 0.29) is 25.1 Å². The molecule has 0 aliphatic carbocycles.